The molecule has 1 aliphatic carbocycles. The van der Waals surface area contributed by atoms with E-state index in [1.807, 2.05) is 37.3 Å². The highest BCUT2D eigenvalue weighted by Gasteiger charge is 2.42. The van der Waals surface area contributed by atoms with Gasteiger partial charge in [0, 0.05) is 25.2 Å². The molecule has 1 fully saturated rings. The number of benzene rings is 1. The minimum atomic E-state index is -1.09. The van der Waals surface area contributed by atoms with E-state index in [1.54, 1.807) is 34.0 Å². The van der Waals surface area contributed by atoms with Gasteiger partial charge in [0.15, 0.2) is 0 Å². The smallest absolute Gasteiger partial charge is 0.408 e. The van der Waals surface area contributed by atoms with Crippen LogP contribution in [0.2, 0.25) is 0 Å². The highest BCUT2D eigenvalue weighted by Crippen LogP contribution is 2.29. The zero-order valence-electron chi connectivity index (χ0n) is 22.8. The molecule has 38 heavy (non-hydrogen) atoms. The van der Waals surface area contributed by atoms with Crippen molar-refractivity contribution in [1.29, 1.82) is 5.26 Å². The van der Waals surface area contributed by atoms with Gasteiger partial charge in [0.1, 0.15) is 22.9 Å². The number of alkyl carbamates (subject to hydrolysis) is 1. The van der Waals surface area contributed by atoms with Crippen molar-refractivity contribution >= 4 is 17.9 Å². The first kappa shape index (κ1) is 28.6. The molecule has 1 heterocycles. The van der Waals surface area contributed by atoms with Crippen molar-refractivity contribution in [2.45, 2.75) is 83.4 Å². The van der Waals surface area contributed by atoms with Crippen LogP contribution in [-0.2, 0) is 16.0 Å². The Bertz CT molecular complexity index is 1200. The lowest BCUT2D eigenvalue weighted by Gasteiger charge is -2.37. The van der Waals surface area contributed by atoms with Gasteiger partial charge in [-0.1, -0.05) is 43.5 Å². The van der Waals surface area contributed by atoms with Crippen molar-refractivity contribution in [3.63, 3.8) is 0 Å². The van der Waals surface area contributed by atoms with Gasteiger partial charge in [0.2, 0.25) is 5.91 Å². The summed E-state index contributed by atoms with van der Waals surface area (Å²) < 4.78 is 5.40. The third kappa shape index (κ3) is 7.31. The molecular formula is C29H37N5O4. The second-order valence-electron chi connectivity index (χ2n) is 10.8. The average molecular weight is 520 g/mol. The molecule has 0 unspecified atom stereocenters. The molecule has 1 saturated carbocycles. The number of carbonyl (C=O) groups excluding carboxylic acids is 3. The Balaban J connectivity index is 1.69. The van der Waals surface area contributed by atoms with Crippen LogP contribution in [0.5, 0.6) is 0 Å². The van der Waals surface area contributed by atoms with Crippen molar-refractivity contribution in [2.75, 3.05) is 7.05 Å². The SMILES string of the molecule is CNC(=O)c1ncc(-c2ccc(C[C@@H](C#N)NC(=O)C3(NC(=O)OC(C)(C)C)CCCCC3)cc2)cc1C. The van der Waals surface area contributed by atoms with Gasteiger partial charge in [-0.2, -0.15) is 5.26 Å². The van der Waals surface area contributed by atoms with Crippen LogP contribution in [0.1, 0.15) is 74.5 Å². The van der Waals surface area contributed by atoms with Crippen LogP contribution in [0.3, 0.4) is 0 Å². The number of aryl methyl sites for hydroxylation is 1. The normalized spacial score (nSPS) is 15.5. The van der Waals surface area contributed by atoms with Crippen molar-refractivity contribution in [2.24, 2.45) is 0 Å². The monoisotopic (exact) mass is 519 g/mol. The van der Waals surface area contributed by atoms with Gasteiger partial charge in [-0.05, 0) is 63.3 Å². The summed E-state index contributed by atoms with van der Waals surface area (Å²) in [5.74, 6) is -0.589. The Kier molecular flexibility index (Phi) is 9.10. The summed E-state index contributed by atoms with van der Waals surface area (Å²) in [7, 11) is 1.57. The second-order valence-corrected chi connectivity index (χ2v) is 10.8. The molecule has 202 valence electrons. The number of pyridine rings is 1. The molecule has 0 bridgehead atoms. The van der Waals surface area contributed by atoms with Crippen LogP contribution in [-0.4, -0.2) is 47.1 Å². The van der Waals surface area contributed by atoms with Gasteiger partial charge in [0.25, 0.3) is 5.91 Å². The number of hydrogen-bond donors (Lipinski definition) is 3. The van der Waals surface area contributed by atoms with E-state index in [9.17, 15) is 19.6 Å². The van der Waals surface area contributed by atoms with Gasteiger partial charge in [-0.15, -0.1) is 0 Å². The molecule has 1 aromatic heterocycles. The van der Waals surface area contributed by atoms with Gasteiger partial charge in [-0.25, -0.2) is 4.79 Å². The second kappa shape index (κ2) is 12.1. The molecule has 0 spiro atoms. The molecule has 1 atom stereocenters. The predicted molar refractivity (Wildman–Crippen MR) is 144 cm³/mol. The summed E-state index contributed by atoms with van der Waals surface area (Å²) in [4.78, 5) is 42.1. The van der Waals surface area contributed by atoms with Crippen molar-refractivity contribution in [3.8, 4) is 17.2 Å². The molecule has 3 amide bonds. The van der Waals surface area contributed by atoms with Crippen LogP contribution in [0.15, 0.2) is 36.5 Å². The average Bonchev–Trinajstić information content (AvgIpc) is 2.87. The minimum absolute atomic E-state index is 0.231. The summed E-state index contributed by atoms with van der Waals surface area (Å²) in [5, 5.41) is 18.0. The number of aromatic nitrogens is 1. The van der Waals surface area contributed by atoms with Gasteiger partial charge < -0.3 is 20.7 Å². The zero-order chi connectivity index (χ0) is 27.9. The van der Waals surface area contributed by atoms with Crippen LogP contribution in [0, 0.1) is 18.3 Å². The summed E-state index contributed by atoms with van der Waals surface area (Å²) >= 11 is 0. The fourth-order valence-corrected chi connectivity index (χ4v) is 4.65. The summed E-state index contributed by atoms with van der Waals surface area (Å²) in [6.07, 6.45) is 4.94. The lowest BCUT2D eigenvalue weighted by molar-refractivity contribution is -0.129. The molecule has 1 aromatic carbocycles. The molecule has 1 aliphatic rings. The maximum atomic E-state index is 13.4. The summed E-state index contributed by atoms with van der Waals surface area (Å²) in [6.45, 7) is 7.16. The van der Waals surface area contributed by atoms with Crippen LogP contribution < -0.4 is 16.0 Å². The fraction of sp³-hybridized carbons (Fsp3) is 0.483. The van der Waals surface area contributed by atoms with Gasteiger partial charge >= 0.3 is 6.09 Å². The lowest BCUT2D eigenvalue weighted by Crippen LogP contribution is -2.61. The molecule has 0 aliphatic heterocycles. The van der Waals surface area contributed by atoms with E-state index in [2.05, 4.69) is 27.0 Å². The number of rotatable bonds is 7. The maximum Gasteiger partial charge on any atom is 0.408 e. The summed E-state index contributed by atoms with van der Waals surface area (Å²) in [6, 6.07) is 11.0. The Morgan fingerprint density at radius 2 is 1.76 bits per heavy atom. The number of nitrogens with one attached hydrogen (secondary N) is 3. The van der Waals surface area contributed by atoms with E-state index in [4.69, 9.17) is 4.74 Å². The molecule has 3 rings (SSSR count). The predicted octanol–water partition coefficient (Wildman–Crippen LogP) is 4.20. The number of nitrogens with zero attached hydrogens (tertiary/aromatic N) is 2. The van der Waals surface area contributed by atoms with Gasteiger partial charge in [-0.3, -0.25) is 14.6 Å². The van der Waals surface area contributed by atoms with E-state index in [-0.39, 0.29) is 11.8 Å². The largest absolute Gasteiger partial charge is 0.444 e. The standard InChI is InChI=1S/C29H37N5O4/c1-19-15-22(18-32-24(19)25(35)31-5)21-11-9-20(10-12-21)16-23(17-30)33-26(36)29(13-7-6-8-14-29)34-27(37)38-28(2,3)4/h9-12,15,18,23H,6-8,13-14,16H2,1-5H3,(H,31,35)(H,33,36)(H,34,37)/t23-/m0/s1. The van der Waals surface area contributed by atoms with Crippen LogP contribution in [0.4, 0.5) is 4.79 Å². The third-order valence-electron chi connectivity index (χ3n) is 6.59. The number of ether oxygens (including phenoxy) is 1. The molecule has 0 radical (unpaired) electrons. The topological polar surface area (TPSA) is 133 Å². The van der Waals surface area contributed by atoms with Crippen molar-refractivity contribution < 1.29 is 19.1 Å². The van der Waals surface area contributed by atoms with Crippen molar-refractivity contribution in [1.82, 2.24) is 20.9 Å². The number of hydrogen-bond acceptors (Lipinski definition) is 6. The summed E-state index contributed by atoms with van der Waals surface area (Å²) in [5.41, 5.74) is 2.06. The molecule has 3 N–H and O–H groups in total. The van der Waals surface area contributed by atoms with Crippen LogP contribution >= 0.6 is 0 Å². The third-order valence-corrected chi connectivity index (χ3v) is 6.59. The van der Waals surface area contributed by atoms with Gasteiger partial charge in [0.05, 0.1) is 6.07 Å². The fourth-order valence-electron chi connectivity index (χ4n) is 4.65. The zero-order valence-corrected chi connectivity index (χ0v) is 22.8. The van der Waals surface area contributed by atoms with E-state index >= 15 is 0 Å². The van der Waals surface area contributed by atoms with E-state index < -0.39 is 23.3 Å². The van der Waals surface area contributed by atoms with E-state index in [0.717, 1.165) is 41.5 Å². The minimum Gasteiger partial charge on any atom is -0.444 e. The van der Waals surface area contributed by atoms with E-state index in [0.29, 0.717) is 25.0 Å². The lowest BCUT2D eigenvalue weighted by atomic mass is 9.80. The molecule has 0 saturated heterocycles. The Hall–Kier alpha value is -3.93. The van der Waals surface area contributed by atoms with Crippen molar-refractivity contribution in [3.05, 3.63) is 53.3 Å². The quantitative estimate of drug-likeness (QED) is 0.502. The number of amides is 3. The Morgan fingerprint density at radius 3 is 2.32 bits per heavy atom. The maximum absolute atomic E-state index is 13.4. The highest BCUT2D eigenvalue weighted by atomic mass is 16.6. The molecule has 9 heteroatoms. The van der Waals surface area contributed by atoms with Crippen LogP contribution in [0.25, 0.3) is 11.1 Å². The number of carbonyl (C=O) groups is 3. The Morgan fingerprint density at radius 1 is 1.11 bits per heavy atom. The molecule has 9 nitrogen and oxygen atoms in total. The number of nitriles is 1. The first-order valence-corrected chi connectivity index (χ1v) is 13.0. The Labute approximate surface area is 224 Å². The first-order chi connectivity index (χ1) is 18.0. The van der Waals surface area contributed by atoms with E-state index in [1.165, 1.54) is 0 Å². The molecule has 2 aromatic rings. The highest BCUT2D eigenvalue weighted by molar-refractivity contribution is 5.94. The first-order valence-electron chi connectivity index (χ1n) is 13.0. The molecular weight excluding hydrogens is 482 g/mol.